The molecule has 3 heterocycles. The van der Waals surface area contributed by atoms with Gasteiger partial charge in [0.05, 0.1) is 0 Å². The quantitative estimate of drug-likeness (QED) is 0.907. The lowest BCUT2D eigenvalue weighted by Crippen LogP contribution is -2.28. The molecule has 1 fully saturated rings. The summed E-state index contributed by atoms with van der Waals surface area (Å²) < 4.78 is 0. The first-order chi connectivity index (χ1) is 10.2. The molecule has 5 nitrogen and oxygen atoms in total. The van der Waals surface area contributed by atoms with Crippen molar-refractivity contribution in [2.75, 3.05) is 18.4 Å². The van der Waals surface area contributed by atoms with Gasteiger partial charge in [0.25, 0.3) is 0 Å². The van der Waals surface area contributed by atoms with E-state index in [1.54, 1.807) is 0 Å². The molecule has 1 aliphatic rings. The summed E-state index contributed by atoms with van der Waals surface area (Å²) in [6.45, 7) is 6.07. The monoisotopic (exact) mass is 283 g/mol. The lowest BCUT2D eigenvalue weighted by atomic mass is 9.96. The predicted molar refractivity (Wildman–Crippen MR) is 83.9 cm³/mol. The van der Waals surface area contributed by atoms with Crippen molar-refractivity contribution in [2.24, 2.45) is 0 Å². The van der Waals surface area contributed by atoms with Gasteiger partial charge in [0.2, 0.25) is 5.95 Å². The Morgan fingerprint density at radius 3 is 2.67 bits per heavy atom. The number of aromatic nitrogens is 3. The Morgan fingerprint density at radius 2 is 1.95 bits per heavy atom. The van der Waals surface area contributed by atoms with E-state index >= 15 is 0 Å². The molecule has 0 aromatic carbocycles. The number of anilines is 2. The first-order valence-electron chi connectivity index (χ1n) is 7.48. The highest BCUT2D eigenvalue weighted by Crippen LogP contribution is 2.23. The van der Waals surface area contributed by atoms with Crippen LogP contribution in [0.1, 0.15) is 35.8 Å². The van der Waals surface area contributed by atoms with E-state index in [-0.39, 0.29) is 0 Å². The molecular formula is C16H21N5. The smallest absolute Gasteiger partial charge is 0.228 e. The van der Waals surface area contributed by atoms with Crippen molar-refractivity contribution in [3.05, 3.63) is 41.3 Å². The van der Waals surface area contributed by atoms with E-state index in [9.17, 15) is 0 Å². The van der Waals surface area contributed by atoms with Crippen LogP contribution >= 0.6 is 0 Å². The van der Waals surface area contributed by atoms with Crippen LogP contribution < -0.4 is 10.6 Å². The van der Waals surface area contributed by atoms with Crippen molar-refractivity contribution in [3.8, 4) is 0 Å². The van der Waals surface area contributed by atoms with E-state index in [1.807, 2.05) is 32.0 Å². The number of hydrogen-bond donors (Lipinski definition) is 2. The van der Waals surface area contributed by atoms with Crippen molar-refractivity contribution in [3.63, 3.8) is 0 Å². The molecule has 110 valence electrons. The molecule has 1 aliphatic heterocycles. The molecule has 0 bridgehead atoms. The zero-order chi connectivity index (χ0) is 14.7. The van der Waals surface area contributed by atoms with Crippen molar-refractivity contribution in [1.29, 1.82) is 0 Å². The third kappa shape index (κ3) is 3.55. The normalized spacial score (nSPS) is 18.5. The van der Waals surface area contributed by atoms with Crippen LogP contribution in [0.25, 0.3) is 0 Å². The Balaban J connectivity index is 1.79. The largest absolute Gasteiger partial charge is 0.316 e. The van der Waals surface area contributed by atoms with E-state index < -0.39 is 0 Å². The third-order valence-electron chi connectivity index (χ3n) is 3.71. The van der Waals surface area contributed by atoms with E-state index in [4.69, 9.17) is 4.98 Å². The molecule has 0 radical (unpaired) electrons. The first kappa shape index (κ1) is 13.9. The van der Waals surface area contributed by atoms with Gasteiger partial charge in [0.15, 0.2) is 0 Å². The number of rotatable bonds is 3. The molecule has 3 rings (SSSR count). The minimum Gasteiger partial charge on any atom is -0.316 e. The molecule has 5 heteroatoms. The number of aryl methyl sites for hydroxylation is 2. The molecule has 0 spiro atoms. The van der Waals surface area contributed by atoms with Crippen LogP contribution in [0.4, 0.5) is 11.8 Å². The third-order valence-corrected chi connectivity index (χ3v) is 3.71. The summed E-state index contributed by atoms with van der Waals surface area (Å²) in [6.07, 6.45) is 2.41. The van der Waals surface area contributed by atoms with Gasteiger partial charge in [-0.15, -0.1) is 0 Å². The van der Waals surface area contributed by atoms with E-state index in [1.165, 1.54) is 12.8 Å². The highest BCUT2D eigenvalue weighted by atomic mass is 15.1. The van der Waals surface area contributed by atoms with Crippen LogP contribution in [0.3, 0.4) is 0 Å². The Labute approximate surface area is 125 Å². The Morgan fingerprint density at radius 1 is 1.14 bits per heavy atom. The molecule has 1 saturated heterocycles. The second-order valence-corrected chi connectivity index (χ2v) is 5.59. The zero-order valence-corrected chi connectivity index (χ0v) is 12.6. The minimum atomic E-state index is 0.501. The predicted octanol–water partition coefficient (Wildman–Crippen LogP) is 2.70. The number of hydrogen-bond acceptors (Lipinski definition) is 5. The van der Waals surface area contributed by atoms with E-state index in [0.717, 1.165) is 36.0 Å². The van der Waals surface area contributed by atoms with Gasteiger partial charge in [0.1, 0.15) is 5.82 Å². The first-order valence-corrected chi connectivity index (χ1v) is 7.48. The Bertz CT molecular complexity index is 600. The molecular weight excluding hydrogens is 262 g/mol. The molecule has 2 N–H and O–H groups in total. The van der Waals surface area contributed by atoms with Crippen molar-refractivity contribution < 1.29 is 0 Å². The second kappa shape index (κ2) is 6.18. The van der Waals surface area contributed by atoms with Crippen molar-refractivity contribution in [2.45, 2.75) is 32.6 Å². The minimum absolute atomic E-state index is 0.501. The maximum Gasteiger partial charge on any atom is 0.228 e. The summed E-state index contributed by atoms with van der Waals surface area (Å²) in [7, 11) is 0. The van der Waals surface area contributed by atoms with Crippen LogP contribution in [-0.2, 0) is 0 Å². The van der Waals surface area contributed by atoms with Gasteiger partial charge in [-0.2, -0.15) is 0 Å². The van der Waals surface area contributed by atoms with Gasteiger partial charge in [-0.3, -0.25) is 0 Å². The van der Waals surface area contributed by atoms with Gasteiger partial charge in [-0.25, -0.2) is 15.0 Å². The van der Waals surface area contributed by atoms with Crippen LogP contribution in [0.15, 0.2) is 24.3 Å². The van der Waals surface area contributed by atoms with E-state index in [0.29, 0.717) is 11.9 Å². The van der Waals surface area contributed by atoms with E-state index in [2.05, 4.69) is 26.7 Å². The summed E-state index contributed by atoms with van der Waals surface area (Å²) in [5, 5.41) is 6.64. The molecule has 2 aromatic heterocycles. The molecule has 21 heavy (non-hydrogen) atoms. The molecule has 0 amide bonds. The van der Waals surface area contributed by atoms with Crippen LogP contribution in [0.2, 0.25) is 0 Å². The summed E-state index contributed by atoms with van der Waals surface area (Å²) in [5.74, 6) is 1.92. The second-order valence-electron chi connectivity index (χ2n) is 5.59. The van der Waals surface area contributed by atoms with Crippen LogP contribution in [-0.4, -0.2) is 28.0 Å². The maximum atomic E-state index is 4.72. The topological polar surface area (TPSA) is 62.7 Å². The zero-order valence-electron chi connectivity index (χ0n) is 12.6. The maximum absolute atomic E-state index is 4.72. The fraction of sp³-hybridized carbons (Fsp3) is 0.438. The Hall–Kier alpha value is -2.01. The lowest BCUT2D eigenvalue weighted by Gasteiger charge is -2.22. The van der Waals surface area contributed by atoms with Crippen LogP contribution in [0.5, 0.6) is 0 Å². The van der Waals surface area contributed by atoms with Gasteiger partial charge < -0.3 is 10.6 Å². The highest BCUT2D eigenvalue weighted by molar-refractivity contribution is 5.48. The average molecular weight is 283 g/mol. The summed E-state index contributed by atoms with van der Waals surface area (Å²) in [4.78, 5) is 13.5. The molecule has 2 aromatic rings. The number of nitrogens with zero attached hydrogens (tertiary/aromatic N) is 3. The number of piperidine rings is 1. The number of nitrogens with one attached hydrogen (secondary N) is 2. The lowest BCUT2D eigenvalue weighted by molar-refractivity contribution is 0.455. The van der Waals surface area contributed by atoms with Gasteiger partial charge in [0, 0.05) is 29.5 Å². The molecule has 0 saturated carbocycles. The fourth-order valence-corrected chi connectivity index (χ4v) is 2.75. The Kier molecular flexibility index (Phi) is 4.10. The molecule has 1 unspecified atom stereocenters. The van der Waals surface area contributed by atoms with Gasteiger partial charge in [-0.05, 0) is 51.4 Å². The molecule has 1 atom stereocenters. The van der Waals surface area contributed by atoms with Gasteiger partial charge >= 0.3 is 0 Å². The average Bonchev–Trinajstić information content (AvgIpc) is 2.47. The molecule has 0 aliphatic carbocycles. The number of pyridine rings is 1. The van der Waals surface area contributed by atoms with Crippen molar-refractivity contribution >= 4 is 11.8 Å². The summed E-state index contributed by atoms with van der Waals surface area (Å²) >= 11 is 0. The fourth-order valence-electron chi connectivity index (χ4n) is 2.75. The van der Waals surface area contributed by atoms with Crippen LogP contribution in [0, 0.1) is 13.8 Å². The summed E-state index contributed by atoms with van der Waals surface area (Å²) in [5.41, 5.74) is 3.05. The highest BCUT2D eigenvalue weighted by Gasteiger charge is 2.16. The summed E-state index contributed by atoms with van der Waals surface area (Å²) in [6, 6.07) is 8.07. The van der Waals surface area contributed by atoms with Gasteiger partial charge in [-0.1, -0.05) is 6.07 Å². The standard InChI is InChI=1S/C16H21N5/c1-11-9-12(2)19-16(18-11)21-15-7-3-6-14(20-15)13-5-4-8-17-10-13/h3,6-7,9,13,17H,4-5,8,10H2,1-2H3,(H,18,19,20,21). The van der Waals surface area contributed by atoms with Crippen molar-refractivity contribution in [1.82, 2.24) is 20.3 Å². The SMILES string of the molecule is Cc1cc(C)nc(Nc2cccc(C3CCCNC3)n2)n1.